The van der Waals surface area contributed by atoms with Crippen LogP contribution in [0.25, 0.3) is 76.5 Å². The molecule has 1 saturated carbocycles. The summed E-state index contributed by atoms with van der Waals surface area (Å²) < 4.78 is 5.00. The van der Waals surface area contributed by atoms with Crippen molar-refractivity contribution in [1.82, 2.24) is 14.5 Å². The Morgan fingerprint density at radius 1 is 0.467 bits per heavy atom. The van der Waals surface area contributed by atoms with Gasteiger partial charge in [0.2, 0.25) is 0 Å². The molecule has 284 valence electrons. The van der Waals surface area contributed by atoms with Gasteiger partial charge in [-0.3, -0.25) is 4.99 Å². The summed E-state index contributed by atoms with van der Waals surface area (Å²) in [7, 11) is 0. The molecule has 1 aliphatic carbocycles. The summed E-state index contributed by atoms with van der Waals surface area (Å²) in [5.74, 6) is 1.60. The zero-order valence-corrected chi connectivity index (χ0v) is 33.1. The molecule has 0 saturated heterocycles. The number of para-hydroxylation sites is 2. The van der Waals surface area contributed by atoms with E-state index in [2.05, 4.69) is 222 Å². The van der Waals surface area contributed by atoms with Crippen molar-refractivity contribution in [2.45, 2.75) is 18.5 Å². The van der Waals surface area contributed by atoms with Gasteiger partial charge in [0.15, 0.2) is 0 Å². The van der Waals surface area contributed by atoms with E-state index < -0.39 is 0 Å². The van der Waals surface area contributed by atoms with Gasteiger partial charge in [-0.1, -0.05) is 153 Å². The summed E-state index contributed by atoms with van der Waals surface area (Å²) >= 11 is 0. The summed E-state index contributed by atoms with van der Waals surface area (Å²) in [4.78, 5) is 5.60. The lowest BCUT2D eigenvalue weighted by Gasteiger charge is -2.31. The summed E-state index contributed by atoms with van der Waals surface area (Å²) in [6.07, 6.45) is 0. The molecule has 0 spiro atoms. The summed E-state index contributed by atoms with van der Waals surface area (Å²) in [6.45, 7) is 2.39. The Labute approximate surface area is 347 Å². The second-order valence-electron chi connectivity index (χ2n) is 16.8. The van der Waals surface area contributed by atoms with Gasteiger partial charge in [0.1, 0.15) is 5.84 Å². The van der Waals surface area contributed by atoms with Gasteiger partial charge in [0.05, 0.1) is 39.3 Å². The second-order valence-corrected chi connectivity index (χ2v) is 16.8. The number of nitrogens with zero attached hydrogens (tertiary/aromatic N) is 3. The molecule has 13 rings (SSSR count). The van der Waals surface area contributed by atoms with Crippen molar-refractivity contribution >= 4 is 71.0 Å². The van der Waals surface area contributed by atoms with Crippen molar-refractivity contribution in [2.75, 3.05) is 0 Å². The Bertz CT molecular complexity index is 3540. The van der Waals surface area contributed by atoms with Gasteiger partial charge in [-0.2, -0.15) is 0 Å². The molecule has 1 fully saturated rings. The summed E-state index contributed by atoms with van der Waals surface area (Å²) in [5.41, 5.74) is 10.5. The van der Waals surface area contributed by atoms with Crippen molar-refractivity contribution in [3.63, 3.8) is 0 Å². The molecule has 0 amide bonds. The molecule has 11 aromatic rings. The fraction of sp³-hybridized carbons (Fsp3) is 0.0893. The predicted molar refractivity (Wildman–Crippen MR) is 250 cm³/mol. The zero-order chi connectivity index (χ0) is 39.5. The first-order valence-electron chi connectivity index (χ1n) is 21.1. The predicted octanol–water partition coefficient (Wildman–Crippen LogP) is 13.4. The molecule has 0 bridgehead atoms. The van der Waals surface area contributed by atoms with E-state index >= 15 is 0 Å². The van der Waals surface area contributed by atoms with Crippen LogP contribution in [0.1, 0.15) is 29.7 Å². The molecule has 2 aliphatic rings. The maximum absolute atomic E-state index is 5.60. The van der Waals surface area contributed by atoms with Gasteiger partial charge >= 0.3 is 0 Å². The molecule has 1 aliphatic heterocycles. The average molecular weight is 769 g/mol. The Morgan fingerprint density at radius 3 is 1.83 bits per heavy atom. The van der Waals surface area contributed by atoms with Crippen molar-refractivity contribution in [3.05, 3.63) is 217 Å². The van der Waals surface area contributed by atoms with E-state index in [1.165, 1.54) is 82.0 Å². The molecule has 1 N–H and O–H groups in total. The molecule has 9 aromatic carbocycles. The van der Waals surface area contributed by atoms with Crippen molar-refractivity contribution in [3.8, 4) is 11.4 Å². The quantitative estimate of drug-likeness (QED) is 0.186. The minimum Gasteiger partial charge on any atom is -0.363 e. The van der Waals surface area contributed by atoms with Crippen LogP contribution in [-0.4, -0.2) is 15.0 Å². The van der Waals surface area contributed by atoms with E-state index in [1.807, 2.05) is 0 Å². The Morgan fingerprint density at radius 2 is 1.05 bits per heavy atom. The number of benzene rings is 9. The second kappa shape index (κ2) is 12.5. The Balaban J connectivity index is 1.09. The minimum atomic E-state index is -0.303. The first kappa shape index (κ1) is 33.5. The van der Waals surface area contributed by atoms with E-state index in [9.17, 15) is 0 Å². The number of fused-ring (bicyclic) bond motifs is 9. The highest BCUT2D eigenvalue weighted by molar-refractivity contribution is 6.21. The van der Waals surface area contributed by atoms with Crippen molar-refractivity contribution < 1.29 is 0 Å². The van der Waals surface area contributed by atoms with E-state index in [-0.39, 0.29) is 17.5 Å². The molecular formula is C56H40N4. The molecular weight excluding hydrogens is 729 g/mol. The van der Waals surface area contributed by atoms with Crippen LogP contribution in [0, 0.1) is 11.8 Å². The highest BCUT2D eigenvalue weighted by atomic mass is 15.2. The number of hydrogen-bond donors (Lipinski definition) is 1. The normalized spacial score (nSPS) is 19.9. The molecule has 4 atom stereocenters. The molecule has 2 aromatic heterocycles. The highest BCUT2D eigenvalue weighted by Crippen LogP contribution is 2.67. The van der Waals surface area contributed by atoms with Crippen LogP contribution in [-0.2, 0) is 5.54 Å². The van der Waals surface area contributed by atoms with Gasteiger partial charge in [0, 0.05) is 44.1 Å². The lowest BCUT2D eigenvalue weighted by molar-refractivity contribution is 0.471. The van der Waals surface area contributed by atoms with Gasteiger partial charge in [-0.05, 0) is 87.8 Å². The third-order valence-corrected chi connectivity index (χ3v) is 13.8. The Kier molecular flexibility index (Phi) is 7.01. The highest BCUT2D eigenvalue weighted by Gasteiger charge is 2.68. The molecule has 4 heteroatoms. The van der Waals surface area contributed by atoms with Crippen LogP contribution in [0.4, 0.5) is 0 Å². The number of amidine groups is 1. The molecule has 4 nitrogen and oxygen atoms in total. The first-order chi connectivity index (χ1) is 29.7. The number of rotatable bonds is 5. The maximum Gasteiger partial charge on any atom is 0.129 e. The van der Waals surface area contributed by atoms with Crippen LogP contribution in [0.3, 0.4) is 0 Å². The lowest BCUT2D eigenvalue weighted by Crippen LogP contribution is -2.37. The largest absolute Gasteiger partial charge is 0.363 e. The van der Waals surface area contributed by atoms with Crippen LogP contribution in [0.5, 0.6) is 0 Å². The maximum atomic E-state index is 5.60. The molecule has 0 radical (unpaired) electrons. The first-order valence-corrected chi connectivity index (χ1v) is 21.1. The van der Waals surface area contributed by atoms with Crippen LogP contribution in [0.15, 0.2) is 205 Å². The van der Waals surface area contributed by atoms with Crippen molar-refractivity contribution in [1.29, 1.82) is 0 Å². The van der Waals surface area contributed by atoms with Gasteiger partial charge in [0.25, 0.3) is 0 Å². The smallest absolute Gasteiger partial charge is 0.129 e. The average Bonchev–Trinajstić information content (AvgIpc) is 3.63. The van der Waals surface area contributed by atoms with Crippen LogP contribution < -0.4 is 5.32 Å². The number of nitrogens with one attached hydrogen (secondary N) is 1. The SMILES string of the molecule is CC1C2C(c3cc(-n4c5ccccc5c5cc6c7cc8ccccc8cc7n(-c7ccccc7)c6cc54)c4ccccc4c3)NC(c3ccccc3)=NC12c1ccccc1. The van der Waals surface area contributed by atoms with E-state index in [1.54, 1.807) is 0 Å². The van der Waals surface area contributed by atoms with Gasteiger partial charge < -0.3 is 14.5 Å². The Hall–Kier alpha value is -7.43. The summed E-state index contributed by atoms with van der Waals surface area (Å²) in [5, 5.41) is 14.0. The third-order valence-electron chi connectivity index (χ3n) is 13.8. The zero-order valence-electron chi connectivity index (χ0n) is 33.1. The van der Waals surface area contributed by atoms with E-state index in [4.69, 9.17) is 4.99 Å². The topological polar surface area (TPSA) is 34.2 Å². The van der Waals surface area contributed by atoms with Crippen LogP contribution in [0.2, 0.25) is 0 Å². The molecule has 4 unspecified atom stereocenters. The monoisotopic (exact) mass is 768 g/mol. The van der Waals surface area contributed by atoms with Gasteiger partial charge in [-0.25, -0.2) is 0 Å². The van der Waals surface area contributed by atoms with Crippen LogP contribution >= 0.6 is 0 Å². The fourth-order valence-electron chi connectivity index (χ4n) is 11.0. The number of hydrogen-bond acceptors (Lipinski definition) is 2. The summed E-state index contributed by atoms with van der Waals surface area (Å²) in [6, 6.07) is 73.7. The third kappa shape index (κ3) is 4.70. The van der Waals surface area contributed by atoms with Crippen molar-refractivity contribution in [2.24, 2.45) is 16.8 Å². The lowest BCUT2D eigenvalue weighted by atomic mass is 9.91. The number of aliphatic imine (C=N–C) groups is 1. The molecule has 3 heterocycles. The minimum absolute atomic E-state index is 0.0470. The van der Waals surface area contributed by atoms with E-state index in [0.29, 0.717) is 5.92 Å². The van der Waals surface area contributed by atoms with E-state index in [0.717, 1.165) is 17.1 Å². The fourth-order valence-corrected chi connectivity index (χ4v) is 11.0. The van der Waals surface area contributed by atoms with Gasteiger partial charge in [-0.15, -0.1) is 0 Å². The standard InChI is InChI=1S/C56H40N4/c1-35-53-54(57-55(36-17-5-2-6-18-36)58-56(35,53)41-22-7-3-8-23-41)40-29-39-21-13-14-26-43(39)49(32-40)60-48-28-16-15-27-44(48)46-33-47-45-30-37-19-11-12-20-38(37)31-50(45)59(51(47)34-52(46)60)42-24-9-4-10-25-42/h2-35,53-54H,1H3,(H,57,58). The number of aromatic nitrogens is 2. The molecule has 60 heavy (non-hydrogen) atoms.